The van der Waals surface area contributed by atoms with E-state index >= 15 is 0 Å². The standard InChI is InChI=1S/C22H23N3O6S2/c1-14-8-11-19(16(3)12-14)23-32(28,29)18-10-9-15(2)20(13-18)24-33(30,31)22-7-5-6-21(17(22)4)25(26)27/h5-13,23-24H,1-4H3. The first-order chi connectivity index (χ1) is 15.3. The van der Waals surface area contributed by atoms with Gasteiger partial charge in [0.25, 0.3) is 25.7 Å². The number of hydrogen-bond acceptors (Lipinski definition) is 6. The summed E-state index contributed by atoms with van der Waals surface area (Å²) < 4.78 is 56.7. The number of benzene rings is 3. The minimum absolute atomic E-state index is 0.0204. The van der Waals surface area contributed by atoms with E-state index in [0.29, 0.717) is 11.3 Å². The summed E-state index contributed by atoms with van der Waals surface area (Å²) in [4.78, 5) is 10.1. The molecule has 3 aromatic rings. The Labute approximate surface area is 192 Å². The van der Waals surface area contributed by atoms with Crippen molar-refractivity contribution in [1.82, 2.24) is 0 Å². The number of sulfonamides is 2. The van der Waals surface area contributed by atoms with Crippen molar-refractivity contribution in [3.63, 3.8) is 0 Å². The summed E-state index contributed by atoms with van der Waals surface area (Å²) in [6.45, 7) is 6.63. The Hall–Kier alpha value is -3.44. The van der Waals surface area contributed by atoms with Crippen molar-refractivity contribution in [2.45, 2.75) is 37.5 Å². The molecular formula is C22H23N3O6S2. The van der Waals surface area contributed by atoms with Crippen LogP contribution in [-0.4, -0.2) is 21.8 Å². The zero-order valence-electron chi connectivity index (χ0n) is 18.4. The lowest BCUT2D eigenvalue weighted by Gasteiger charge is -2.15. The molecule has 0 aliphatic carbocycles. The van der Waals surface area contributed by atoms with Crippen LogP contribution in [0, 0.1) is 37.8 Å². The second-order valence-corrected chi connectivity index (χ2v) is 11.0. The van der Waals surface area contributed by atoms with E-state index in [1.807, 2.05) is 13.0 Å². The van der Waals surface area contributed by atoms with Gasteiger partial charge in [-0.3, -0.25) is 19.6 Å². The van der Waals surface area contributed by atoms with E-state index in [1.165, 1.54) is 43.3 Å². The molecule has 0 aliphatic rings. The summed E-state index contributed by atoms with van der Waals surface area (Å²) in [6, 6.07) is 13.1. The molecule has 0 saturated heterocycles. The Morgan fingerprint density at radius 1 is 0.758 bits per heavy atom. The number of nitrogens with one attached hydrogen (secondary N) is 2. The lowest BCUT2D eigenvalue weighted by Crippen LogP contribution is -2.17. The van der Waals surface area contributed by atoms with Crippen molar-refractivity contribution in [2.24, 2.45) is 0 Å². The number of aryl methyl sites for hydroxylation is 3. The molecule has 0 spiro atoms. The van der Waals surface area contributed by atoms with Crippen LogP contribution >= 0.6 is 0 Å². The largest absolute Gasteiger partial charge is 0.279 e. The molecule has 33 heavy (non-hydrogen) atoms. The van der Waals surface area contributed by atoms with Crippen LogP contribution in [0.4, 0.5) is 17.1 Å². The topological polar surface area (TPSA) is 135 Å². The first-order valence-corrected chi connectivity index (χ1v) is 12.8. The summed E-state index contributed by atoms with van der Waals surface area (Å²) >= 11 is 0. The molecule has 0 atom stereocenters. The molecule has 0 bridgehead atoms. The van der Waals surface area contributed by atoms with E-state index in [2.05, 4.69) is 9.44 Å². The van der Waals surface area contributed by atoms with E-state index in [1.54, 1.807) is 26.0 Å². The fourth-order valence-electron chi connectivity index (χ4n) is 3.30. The number of nitro groups is 1. The minimum atomic E-state index is -4.22. The smallest absolute Gasteiger partial charge is 0.273 e. The number of rotatable bonds is 7. The number of nitro benzene ring substituents is 1. The summed E-state index contributed by atoms with van der Waals surface area (Å²) in [5.41, 5.74) is 2.32. The lowest BCUT2D eigenvalue weighted by molar-refractivity contribution is -0.385. The average molecular weight is 490 g/mol. The zero-order valence-corrected chi connectivity index (χ0v) is 20.0. The van der Waals surface area contributed by atoms with Crippen LogP contribution in [0.1, 0.15) is 22.3 Å². The summed E-state index contributed by atoms with van der Waals surface area (Å²) in [5, 5.41) is 11.2. The zero-order chi connectivity index (χ0) is 24.6. The number of anilines is 2. The van der Waals surface area contributed by atoms with E-state index in [-0.39, 0.29) is 26.7 Å². The van der Waals surface area contributed by atoms with Gasteiger partial charge in [-0.25, -0.2) is 16.8 Å². The van der Waals surface area contributed by atoms with E-state index in [9.17, 15) is 26.9 Å². The Morgan fingerprint density at radius 3 is 2.06 bits per heavy atom. The fourth-order valence-corrected chi connectivity index (χ4v) is 5.84. The van der Waals surface area contributed by atoms with E-state index < -0.39 is 25.0 Å². The van der Waals surface area contributed by atoms with Gasteiger partial charge in [-0.2, -0.15) is 0 Å². The van der Waals surface area contributed by atoms with Crippen LogP contribution in [0.15, 0.2) is 64.4 Å². The maximum atomic E-state index is 13.0. The van der Waals surface area contributed by atoms with Gasteiger partial charge < -0.3 is 0 Å². The highest BCUT2D eigenvalue weighted by Crippen LogP contribution is 2.29. The van der Waals surface area contributed by atoms with Crippen molar-refractivity contribution < 1.29 is 21.8 Å². The molecule has 174 valence electrons. The fraction of sp³-hybridized carbons (Fsp3) is 0.182. The highest BCUT2D eigenvalue weighted by atomic mass is 32.2. The third kappa shape index (κ3) is 5.15. The number of nitrogens with zero attached hydrogens (tertiary/aromatic N) is 1. The predicted molar refractivity (Wildman–Crippen MR) is 127 cm³/mol. The monoisotopic (exact) mass is 489 g/mol. The van der Waals surface area contributed by atoms with Crippen molar-refractivity contribution in [2.75, 3.05) is 9.44 Å². The molecule has 0 aromatic heterocycles. The molecule has 0 unspecified atom stereocenters. The molecule has 0 fully saturated rings. The summed E-state index contributed by atoms with van der Waals surface area (Å²) in [7, 11) is -8.23. The second kappa shape index (κ2) is 8.83. The second-order valence-electron chi connectivity index (χ2n) is 7.66. The Morgan fingerprint density at radius 2 is 1.42 bits per heavy atom. The van der Waals surface area contributed by atoms with Gasteiger partial charge in [-0.1, -0.05) is 29.8 Å². The van der Waals surface area contributed by atoms with Crippen LogP contribution < -0.4 is 9.44 Å². The Balaban J connectivity index is 1.98. The van der Waals surface area contributed by atoms with E-state index in [4.69, 9.17) is 0 Å². The van der Waals surface area contributed by atoms with Gasteiger partial charge in [0.15, 0.2) is 0 Å². The lowest BCUT2D eigenvalue weighted by atomic mass is 10.1. The van der Waals surface area contributed by atoms with Crippen LogP contribution in [-0.2, 0) is 20.0 Å². The highest BCUT2D eigenvalue weighted by molar-refractivity contribution is 7.93. The van der Waals surface area contributed by atoms with Gasteiger partial charge >= 0.3 is 0 Å². The maximum absolute atomic E-state index is 13.0. The summed E-state index contributed by atoms with van der Waals surface area (Å²) in [6.07, 6.45) is 0. The van der Waals surface area contributed by atoms with Crippen LogP contribution in [0.2, 0.25) is 0 Å². The molecular weight excluding hydrogens is 466 g/mol. The number of hydrogen-bond donors (Lipinski definition) is 2. The van der Waals surface area contributed by atoms with E-state index in [0.717, 1.165) is 11.1 Å². The molecule has 0 saturated carbocycles. The van der Waals surface area contributed by atoms with Gasteiger partial charge in [-0.15, -0.1) is 0 Å². The maximum Gasteiger partial charge on any atom is 0.273 e. The molecule has 0 radical (unpaired) electrons. The third-order valence-electron chi connectivity index (χ3n) is 5.13. The SMILES string of the molecule is Cc1ccc(NS(=O)(=O)c2ccc(C)c(NS(=O)(=O)c3cccc([N+](=O)[O-])c3C)c2)c(C)c1. The van der Waals surface area contributed by atoms with Crippen LogP contribution in [0.3, 0.4) is 0 Å². The first-order valence-electron chi connectivity index (χ1n) is 9.79. The molecule has 3 aromatic carbocycles. The molecule has 11 heteroatoms. The average Bonchev–Trinajstić information content (AvgIpc) is 2.71. The molecule has 0 heterocycles. The predicted octanol–water partition coefficient (Wildman–Crippen LogP) is 4.43. The summed E-state index contributed by atoms with van der Waals surface area (Å²) in [5.74, 6) is 0. The van der Waals surface area contributed by atoms with Crippen molar-refractivity contribution in [3.05, 3.63) is 87.0 Å². The highest BCUT2D eigenvalue weighted by Gasteiger charge is 2.24. The van der Waals surface area contributed by atoms with Crippen LogP contribution in [0.25, 0.3) is 0 Å². The van der Waals surface area contributed by atoms with Gasteiger partial charge in [0.05, 0.1) is 26.1 Å². The van der Waals surface area contributed by atoms with Gasteiger partial charge in [0.2, 0.25) is 0 Å². The van der Waals surface area contributed by atoms with Gasteiger partial charge in [0, 0.05) is 11.6 Å². The van der Waals surface area contributed by atoms with Gasteiger partial charge in [0.1, 0.15) is 0 Å². The van der Waals surface area contributed by atoms with Crippen molar-refractivity contribution in [3.8, 4) is 0 Å². The van der Waals surface area contributed by atoms with Gasteiger partial charge in [-0.05, 0) is 63.1 Å². The Kier molecular flexibility index (Phi) is 6.48. The Bertz CT molecular complexity index is 1470. The quantitative estimate of drug-likeness (QED) is 0.372. The third-order valence-corrected chi connectivity index (χ3v) is 8.00. The normalized spacial score (nSPS) is 11.8. The molecule has 0 amide bonds. The molecule has 3 rings (SSSR count). The molecule has 9 nitrogen and oxygen atoms in total. The van der Waals surface area contributed by atoms with Crippen molar-refractivity contribution in [1.29, 1.82) is 0 Å². The minimum Gasteiger partial charge on any atom is -0.279 e. The first kappa shape index (κ1) is 24.2. The van der Waals surface area contributed by atoms with Crippen LogP contribution in [0.5, 0.6) is 0 Å². The van der Waals surface area contributed by atoms with Crippen molar-refractivity contribution >= 4 is 37.1 Å². The molecule has 0 aliphatic heterocycles. The molecule has 2 N–H and O–H groups in total.